The van der Waals surface area contributed by atoms with Gasteiger partial charge in [-0.1, -0.05) is 0 Å². The Morgan fingerprint density at radius 1 is 1.50 bits per heavy atom. The molecule has 0 bridgehead atoms. The number of carbonyl (C=O) groups excluding carboxylic acids is 1. The van der Waals surface area contributed by atoms with Crippen molar-refractivity contribution in [2.45, 2.75) is 13.0 Å². The van der Waals surface area contributed by atoms with Crippen molar-refractivity contribution in [2.75, 3.05) is 13.1 Å². The quantitative estimate of drug-likeness (QED) is 0.743. The molecule has 0 unspecified atom stereocenters. The number of hydrogen-bond donors (Lipinski definition) is 3. The van der Waals surface area contributed by atoms with Crippen LogP contribution in [0.4, 0.5) is 0 Å². The maximum Gasteiger partial charge on any atom is 0.255 e. The number of carbonyl (C=O) groups is 1. The average molecular weight is 246 g/mol. The first-order valence-corrected chi connectivity index (χ1v) is 5.89. The van der Waals surface area contributed by atoms with Crippen LogP contribution in [0.5, 0.6) is 5.75 Å². The minimum Gasteiger partial charge on any atom is -0.508 e. The number of nitrogens with one attached hydrogen (secondary N) is 2. The van der Waals surface area contributed by atoms with Gasteiger partial charge in [0.25, 0.3) is 5.91 Å². The van der Waals surface area contributed by atoms with Crippen LogP contribution in [0, 0.1) is 6.92 Å². The first kappa shape index (κ1) is 11.1. The Labute approximate surface area is 104 Å². The highest BCUT2D eigenvalue weighted by atomic mass is 16.3. The van der Waals surface area contributed by atoms with Gasteiger partial charge < -0.3 is 20.2 Å². The van der Waals surface area contributed by atoms with Crippen molar-refractivity contribution < 1.29 is 14.3 Å². The number of hydrogen-bond acceptors (Lipinski definition) is 4. The van der Waals surface area contributed by atoms with Crippen LogP contribution in [-0.2, 0) is 0 Å². The summed E-state index contributed by atoms with van der Waals surface area (Å²) in [6.07, 6.45) is 0. The minimum absolute atomic E-state index is 0.122. The van der Waals surface area contributed by atoms with Crippen molar-refractivity contribution in [3.8, 4) is 5.75 Å². The predicted molar refractivity (Wildman–Crippen MR) is 66.7 cm³/mol. The molecule has 1 aromatic carbocycles. The molecule has 1 fully saturated rings. The summed E-state index contributed by atoms with van der Waals surface area (Å²) in [7, 11) is 0. The van der Waals surface area contributed by atoms with Crippen molar-refractivity contribution in [3.63, 3.8) is 0 Å². The zero-order chi connectivity index (χ0) is 12.7. The van der Waals surface area contributed by atoms with Gasteiger partial charge in [-0.15, -0.1) is 0 Å². The molecule has 2 heterocycles. The lowest BCUT2D eigenvalue weighted by atomic mass is 10.1. The molecule has 0 saturated carbocycles. The predicted octanol–water partition coefficient (Wildman–Crippen LogP) is 1.15. The van der Waals surface area contributed by atoms with Crippen LogP contribution < -0.4 is 10.6 Å². The summed E-state index contributed by atoms with van der Waals surface area (Å²) >= 11 is 0. The lowest BCUT2D eigenvalue weighted by Crippen LogP contribution is -2.56. The third-order valence-corrected chi connectivity index (χ3v) is 3.19. The Kier molecular flexibility index (Phi) is 2.48. The highest BCUT2D eigenvalue weighted by Gasteiger charge is 2.23. The van der Waals surface area contributed by atoms with Gasteiger partial charge in [0.1, 0.15) is 17.1 Å². The number of aromatic hydroxyl groups is 1. The molecule has 3 N–H and O–H groups in total. The number of amides is 1. The van der Waals surface area contributed by atoms with E-state index in [1.807, 2.05) is 0 Å². The van der Waals surface area contributed by atoms with Gasteiger partial charge in [0.2, 0.25) is 0 Å². The van der Waals surface area contributed by atoms with E-state index in [1.165, 1.54) is 6.07 Å². The Morgan fingerprint density at radius 3 is 2.94 bits per heavy atom. The summed E-state index contributed by atoms with van der Waals surface area (Å²) in [4.78, 5) is 12.2. The van der Waals surface area contributed by atoms with Crippen LogP contribution in [0.1, 0.15) is 16.1 Å². The molecule has 0 spiro atoms. The molecule has 0 atom stereocenters. The normalized spacial score (nSPS) is 15.6. The van der Waals surface area contributed by atoms with Crippen LogP contribution in [0.2, 0.25) is 0 Å². The van der Waals surface area contributed by atoms with Crippen molar-refractivity contribution in [3.05, 3.63) is 29.5 Å². The van der Waals surface area contributed by atoms with Gasteiger partial charge in [0, 0.05) is 24.5 Å². The Morgan fingerprint density at radius 2 is 2.28 bits per heavy atom. The zero-order valence-corrected chi connectivity index (χ0v) is 9.99. The van der Waals surface area contributed by atoms with E-state index in [2.05, 4.69) is 10.6 Å². The molecule has 1 aliphatic heterocycles. The number of phenols is 1. The van der Waals surface area contributed by atoms with Gasteiger partial charge in [0.05, 0.1) is 11.6 Å². The maximum absolute atomic E-state index is 12.2. The van der Waals surface area contributed by atoms with E-state index in [0.29, 0.717) is 16.9 Å². The summed E-state index contributed by atoms with van der Waals surface area (Å²) < 4.78 is 5.50. The summed E-state index contributed by atoms with van der Waals surface area (Å²) in [6.45, 7) is 3.37. The van der Waals surface area contributed by atoms with E-state index in [1.54, 1.807) is 19.1 Å². The minimum atomic E-state index is -0.122. The van der Waals surface area contributed by atoms with Crippen LogP contribution >= 0.6 is 0 Å². The second-order valence-electron chi connectivity index (χ2n) is 4.54. The molecule has 1 amide bonds. The van der Waals surface area contributed by atoms with Gasteiger partial charge in [-0.25, -0.2) is 0 Å². The zero-order valence-electron chi connectivity index (χ0n) is 9.99. The second kappa shape index (κ2) is 4.03. The summed E-state index contributed by atoms with van der Waals surface area (Å²) in [6, 6.07) is 4.97. The van der Waals surface area contributed by atoms with Crippen molar-refractivity contribution in [2.24, 2.45) is 0 Å². The number of phenolic OH excluding ortho intramolecular Hbond substituents is 1. The summed E-state index contributed by atoms with van der Waals surface area (Å²) in [5, 5.41) is 16.2. The molecule has 1 aromatic heterocycles. The molecule has 2 aromatic rings. The molecular formula is C13H14N2O3. The SMILES string of the molecule is Cc1oc2cc(O)ccc2c1C(=O)NC1CNC1. The van der Waals surface area contributed by atoms with Crippen LogP contribution in [0.3, 0.4) is 0 Å². The number of rotatable bonds is 2. The van der Waals surface area contributed by atoms with Crippen LogP contribution in [0.15, 0.2) is 22.6 Å². The van der Waals surface area contributed by atoms with E-state index < -0.39 is 0 Å². The van der Waals surface area contributed by atoms with E-state index in [4.69, 9.17) is 4.42 Å². The Balaban J connectivity index is 1.99. The first-order chi connectivity index (χ1) is 8.65. The highest BCUT2D eigenvalue weighted by Crippen LogP contribution is 2.28. The maximum atomic E-state index is 12.2. The van der Waals surface area contributed by atoms with E-state index in [0.717, 1.165) is 18.5 Å². The fourth-order valence-electron chi connectivity index (χ4n) is 2.14. The number of aryl methyl sites for hydroxylation is 1. The molecule has 1 aliphatic rings. The fraction of sp³-hybridized carbons (Fsp3) is 0.308. The molecule has 94 valence electrons. The third kappa shape index (κ3) is 1.73. The van der Waals surface area contributed by atoms with E-state index >= 15 is 0 Å². The Hall–Kier alpha value is -2.01. The van der Waals surface area contributed by atoms with Crippen LogP contribution in [0.25, 0.3) is 11.0 Å². The van der Waals surface area contributed by atoms with Gasteiger partial charge in [-0.3, -0.25) is 4.79 Å². The van der Waals surface area contributed by atoms with E-state index in [9.17, 15) is 9.90 Å². The van der Waals surface area contributed by atoms with Crippen molar-refractivity contribution in [1.82, 2.24) is 10.6 Å². The summed E-state index contributed by atoms with van der Waals surface area (Å²) in [5.41, 5.74) is 1.08. The molecule has 5 nitrogen and oxygen atoms in total. The molecule has 5 heteroatoms. The monoisotopic (exact) mass is 246 g/mol. The lowest BCUT2D eigenvalue weighted by molar-refractivity contribution is 0.0924. The molecule has 18 heavy (non-hydrogen) atoms. The lowest BCUT2D eigenvalue weighted by Gasteiger charge is -2.27. The molecule has 0 aliphatic carbocycles. The standard InChI is InChI=1S/C13H14N2O3/c1-7-12(13(17)15-8-5-14-6-8)10-3-2-9(16)4-11(10)18-7/h2-4,8,14,16H,5-6H2,1H3,(H,15,17). The molecule has 3 rings (SSSR count). The number of fused-ring (bicyclic) bond motifs is 1. The molecule has 0 radical (unpaired) electrons. The highest BCUT2D eigenvalue weighted by molar-refractivity contribution is 6.07. The number of furan rings is 1. The molecular weight excluding hydrogens is 232 g/mol. The largest absolute Gasteiger partial charge is 0.508 e. The van der Waals surface area contributed by atoms with Gasteiger partial charge in [0.15, 0.2) is 0 Å². The topological polar surface area (TPSA) is 74.5 Å². The third-order valence-electron chi connectivity index (χ3n) is 3.19. The Bertz CT molecular complexity index is 614. The molecule has 1 saturated heterocycles. The fourth-order valence-corrected chi connectivity index (χ4v) is 2.14. The van der Waals surface area contributed by atoms with Crippen LogP contribution in [-0.4, -0.2) is 30.1 Å². The van der Waals surface area contributed by atoms with E-state index in [-0.39, 0.29) is 17.7 Å². The van der Waals surface area contributed by atoms with Gasteiger partial charge in [-0.05, 0) is 19.1 Å². The van der Waals surface area contributed by atoms with Gasteiger partial charge >= 0.3 is 0 Å². The average Bonchev–Trinajstić information content (AvgIpc) is 2.58. The van der Waals surface area contributed by atoms with Crippen molar-refractivity contribution >= 4 is 16.9 Å². The smallest absolute Gasteiger partial charge is 0.255 e. The van der Waals surface area contributed by atoms with Gasteiger partial charge in [-0.2, -0.15) is 0 Å². The first-order valence-electron chi connectivity index (χ1n) is 5.89. The number of benzene rings is 1. The van der Waals surface area contributed by atoms with Crippen molar-refractivity contribution in [1.29, 1.82) is 0 Å². The summed E-state index contributed by atoms with van der Waals surface area (Å²) in [5.74, 6) is 0.579. The second-order valence-corrected chi connectivity index (χ2v) is 4.54.